The average Bonchev–Trinajstić information content (AvgIpc) is 3.10. The summed E-state index contributed by atoms with van der Waals surface area (Å²) in [6.07, 6.45) is 5.18. The van der Waals surface area contributed by atoms with Gasteiger partial charge in [0, 0.05) is 30.1 Å². The zero-order valence-corrected chi connectivity index (χ0v) is 14.7. The minimum Gasteiger partial charge on any atom is -0.298 e. The average molecular weight is 361 g/mol. The fraction of sp³-hybridized carbons (Fsp3) is 0.105. The number of hydrogen-bond donors (Lipinski definition) is 0. The Kier molecular flexibility index (Phi) is 5.56. The fourth-order valence-electron chi connectivity index (χ4n) is 2.34. The van der Waals surface area contributed by atoms with E-state index < -0.39 is 0 Å². The molecule has 7 heteroatoms. The molecule has 0 bridgehead atoms. The molecule has 0 saturated heterocycles. The van der Waals surface area contributed by atoms with E-state index in [-0.39, 0.29) is 11.5 Å². The third kappa shape index (κ3) is 3.87. The highest BCUT2D eigenvalue weighted by molar-refractivity contribution is 7.99. The Bertz CT molecular complexity index is 958. The van der Waals surface area contributed by atoms with E-state index in [0.29, 0.717) is 28.7 Å². The molecule has 0 atom stereocenters. The molecule has 2 aromatic heterocycles. The summed E-state index contributed by atoms with van der Waals surface area (Å²) in [6, 6.07) is 12.4. The van der Waals surface area contributed by atoms with Gasteiger partial charge in [0.15, 0.2) is 16.8 Å². The molecule has 6 nitrogen and oxygen atoms in total. The van der Waals surface area contributed by atoms with Crippen LogP contribution in [0.15, 0.2) is 66.6 Å². The molecule has 0 N–H and O–H groups in total. The quantitative estimate of drug-likeness (QED) is 0.364. The normalized spacial score (nSPS) is 10.3. The smallest absolute Gasteiger partial charge is 0.192 e. The molecule has 2 heterocycles. The van der Waals surface area contributed by atoms with Crippen LogP contribution in [-0.2, 0) is 6.54 Å². The van der Waals surface area contributed by atoms with Crippen LogP contribution in [0.4, 0.5) is 0 Å². The first kappa shape index (κ1) is 17.6. The lowest BCUT2D eigenvalue weighted by Crippen LogP contribution is -2.05. The number of rotatable bonds is 7. The molecule has 0 saturated carbocycles. The number of hydrogen-bond acceptors (Lipinski definition) is 6. The van der Waals surface area contributed by atoms with Crippen molar-refractivity contribution >= 4 is 17.5 Å². The zero-order chi connectivity index (χ0) is 18.4. The van der Waals surface area contributed by atoms with E-state index in [1.54, 1.807) is 42.7 Å². The molecule has 3 rings (SSSR count). The van der Waals surface area contributed by atoms with Crippen LogP contribution in [0.1, 0.15) is 15.9 Å². The van der Waals surface area contributed by atoms with Crippen molar-refractivity contribution in [2.45, 2.75) is 11.7 Å². The van der Waals surface area contributed by atoms with Crippen molar-refractivity contribution < 1.29 is 4.79 Å². The fourth-order valence-corrected chi connectivity index (χ4v) is 3.18. The highest BCUT2D eigenvalue weighted by Crippen LogP contribution is 2.24. The SMILES string of the molecule is C=CCn1c(SCC(=O)c2ccc(C#N)cc2)nnc1-c1cccnc1. The summed E-state index contributed by atoms with van der Waals surface area (Å²) in [7, 11) is 0. The van der Waals surface area contributed by atoms with Crippen LogP contribution < -0.4 is 0 Å². The third-order valence-electron chi connectivity index (χ3n) is 3.62. The largest absolute Gasteiger partial charge is 0.298 e. The van der Waals surface area contributed by atoms with Gasteiger partial charge in [0.2, 0.25) is 0 Å². The first-order valence-electron chi connectivity index (χ1n) is 7.83. The molecular weight excluding hydrogens is 346 g/mol. The molecular formula is C19H15N5OS. The van der Waals surface area contributed by atoms with Crippen LogP contribution in [0.2, 0.25) is 0 Å². The number of Topliss-reactive ketones (excluding diaryl/α,β-unsaturated/α-hetero) is 1. The lowest BCUT2D eigenvalue weighted by atomic mass is 10.1. The summed E-state index contributed by atoms with van der Waals surface area (Å²) in [5.41, 5.74) is 1.95. The van der Waals surface area contributed by atoms with Crippen molar-refractivity contribution in [2.24, 2.45) is 0 Å². The lowest BCUT2D eigenvalue weighted by molar-refractivity contribution is 0.102. The Morgan fingerprint density at radius 3 is 2.73 bits per heavy atom. The van der Waals surface area contributed by atoms with E-state index in [9.17, 15) is 4.79 Å². The van der Waals surface area contributed by atoms with Crippen molar-refractivity contribution in [3.63, 3.8) is 0 Å². The zero-order valence-electron chi connectivity index (χ0n) is 13.9. The molecule has 0 fully saturated rings. The van der Waals surface area contributed by atoms with Gasteiger partial charge in [-0.15, -0.1) is 16.8 Å². The van der Waals surface area contributed by atoms with E-state index in [4.69, 9.17) is 5.26 Å². The maximum Gasteiger partial charge on any atom is 0.192 e. The van der Waals surface area contributed by atoms with Crippen LogP contribution in [-0.4, -0.2) is 31.3 Å². The number of nitrogens with zero attached hydrogens (tertiary/aromatic N) is 5. The maximum atomic E-state index is 12.4. The number of ketones is 1. The van der Waals surface area contributed by atoms with Gasteiger partial charge < -0.3 is 0 Å². The highest BCUT2D eigenvalue weighted by Gasteiger charge is 2.15. The van der Waals surface area contributed by atoms with Crippen molar-refractivity contribution in [2.75, 3.05) is 5.75 Å². The Morgan fingerprint density at radius 2 is 2.08 bits per heavy atom. The Balaban J connectivity index is 1.77. The Morgan fingerprint density at radius 1 is 1.27 bits per heavy atom. The van der Waals surface area contributed by atoms with Crippen molar-refractivity contribution in [1.29, 1.82) is 5.26 Å². The molecule has 0 aliphatic rings. The molecule has 0 radical (unpaired) electrons. The van der Waals surface area contributed by atoms with E-state index in [2.05, 4.69) is 21.8 Å². The van der Waals surface area contributed by atoms with E-state index in [1.165, 1.54) is 11.8 Å². The third-order valence-corrected chi connectivity index (χ3v) is 4.58. The first-order chi connectivity index (χ1) is 12.7. The molecule has 26 heavy (non-hydrogen) atoms. The number of benzene rings is 1. The number of allylic oxidation sites excluding steroid dienone is 1. The van der Waals surface area contributed by atoms with E-state index in [0.717, 1.165) is 5.56 Å². The predicted octanol–water partition coefficient (Wildman–Crippen LogP) is 3.37. The number of nitriles is 1. The van der Waals surface area contributed by atoms with Gasteiger partial charge >= 0.3 is 0 Å². The molecule has 128 valence electrons. The van der Waals surface area contributed by atoms with E-state index >= 15 is 0 Å². The monoisotopic (exact) mass is 361 g/mol. The summed E-state index contributed by atoms with van der Waals surface area (Å²) >= 11 is 1.32. The highest BCUT2D eigenvalue weighted by atomic mass is 32.2. The van der Waals surface area contributed by atoms with Gasteiger partial charge in [0.1, 0.15) is 0 Å². The summed E-state index contributed by atoms with van der Waals surface area (Å²) in [4.78, 5) is 16.5. The second kappa shape index (κ2) is 8.23. The Labute approximate surface area is 155 Å². The molecule has 1 aromatic carbocycles. The number of thioether (sulfide) groups is 1. The summed E-state index contributed by atoms with van der Waals surface area (Å²) in [6.45, 7) is 4.31. The maximum absolute atomic E-state index is 12.4. The van der Waals surface area contributed by atoms with Gasteiger partial charge in [-0.1, -0.05) is 30.0 Å². The minimum absolute atomic E-state index is 0.0319. The van der Waals surface area contributed by atoms with Crippen molar-refractivity contribution in [1.82, 2.24) is 19.7 Å². The van der Waals surface area contributed by atoms with Crippen LogP contribution in [0.25, 0.3) is 11.4 Å². The van der Waals surface area contributed by atoms with Gasteiger partial charge in [-0.25, -0.2) is 0 Å². The minimum atomic E-state index is -0.0319. The Hall–Kier alpha value is -3.24. The molecule has 3 aromatic rings. The lowest BCUT2D eigenvalue weighted by Gasteiger charge is -2.07. The van der Waals surface area contributed by atoms with Crippen LogP contribution in [0.5, 0.6) is 0 Å². The van der Waals surface area contributed by atoms with Crippen molar-refractivity contribution in [3.8, 4) is 17.5 Å². The first-order valence-corrected chi connectivity index (χ1v) is 8.82. The number of carbonyl (C=O) groups is 1. The van der Waals surface area contributed by atoms with Gasteiger partial charge in [-0.05, 0) is 24.3 Å². The standard InChI is InChI=1S/C19H15N5OS/c1-2-10-24-18(16-4-3-9-21-12-16)22-23-19(24)26-13-17(25)15-7-5-14(11-20)6-8-15/h2-9,12H,1,10,13H2. The number of carbonyl (C=O) groups excluding carboxylic acids is 1. The second-order valence-electron chi connectivity index (χ2n) is 5.35. The predicted molar refractivity (Wildman–Crippen MR) is 99.7 cm³/mol. The van der Waals surface area contributed by atoms with Gasteiger partial charge in [0.05, 0.1) is 17.4 Å². The van der Waals surface area contributed by atoms with Crippen molar-refractivity contribution in [3.05, 3.63) is 72.6 Å². The van der Waals surface area contributed by atoms with Crippen LogP contribution >= 0.6 is 11.8 Å². The summed E-state index contributed by atoms with van der Waals surface area (Å²) in [5, 5.41) is 17.9. The molecule has 0 spiro atoms. The van der Waals surface area contributed by atoms with Gasteiger partial charge in [-0.2, -0.15) is 5.26 Å². The number of pyridine rings is 1. The molecule has 0 amide bonds. The summed E-state index contributed by atoms with van der Waals surface area (Å²) < 4.78 is 1.90. The molecule has 0 aliphatic carbocycles. The number of aromatic nitrogens is 4. The molecule has 0 unspecified atom stereocenters. The molecule has 0 aliphatic heterocycles. The van der Waals surface area contributed by atoms with Crippen LogP contribution in [0.3, 0.4) is 0 Å². The van der Waals surface area contributed by atoms with E-state index in [1.807, 2.05) is 22.8 Å². The van der Waals surface area contributed by atoms with Crippen LogP contribution in [0, 0.1) is 11.3 Å². The van der Waals surface area contributed by atoms with Gasteiger partial charge in [-0.3, -0.25) is 14.3 Å². The second-order valence-corrected chi connectivity index (χ2v) is 6.29. The summed E-state index contributed by atoms with van der Waals surface area (Å²) in [5.74, 6) is 0.885. The topological polar surface area (TPSA) is 84.5 Å². The van der Waals surface area contributed by atoms with Gasteiger partial charge in [0.25, 0.3) is 0 Å².